The van der Waals surface area contributed by atoms with Crippen molar-refractivity contribution >= 4 is 18.3 Å². The van der Waals surface area contributed by atoms with Crippen molar-refractivity contribution in [3.63, 3.8) is 0 Å². The molecule has 0 spiro atoms. The van der Waals surface area contributed by atoms with Crippen molar-refractivity contribution in [1.29, 1.82) is 0 Å². The average molecular weight is 467 g/mol. The van der Waals surface area contributed by atoms with Crippen LogP contribution in [0, 0.1) is 34.5 Å². The van der Waals surface area contributed by atoms with Crippen molar-refractivity contribution in [1.82, 2.24) is 10.6 Å². The van der Waals surface area contributed by atoms with E-state index in [9.17, 15) is 9.90 Å². The lowest BCUT2D eigenvalue weighted by atomic mass is 9.43. The molecule has 5 heteroatoms. The van der Waals surface area contributed by atoms with Crippen LogP contribution in [0.2, 0.25) is 0 Å². The van der Waals surface area contributed by atoms with Gasteiger partial charge in [-0.2, -0.15) is 0 Å². The standard InChI is InChI=1S/C27H46N2O2.ClH/c1-18-5-8-22-21(6-9-23-26(2,3)24(30)11-14-27(22,23)4)20(18)7-10-25(31)29-17-19-12-15-28-16-13-19;/h19,21-24,28,30H,5-17H2,1-4H3,(H,29,31);1H/t21?,22?,23?,24-,27+;/m0./s1. The molecule has 0 bridgehead atoms. The van der Waals surface area contributed by atoms with Gasteiger partial charge in [0, 0.05) is 13.0 Å². The Labute approximate surface area is 202 Å². The molecule has 1 heterocycles. The molecule has 32 heavy (non-hydrogen) atoms. The van der Waals surface area contributed by atoms with E-state index in [2.05, 4.69) is 38.3 Å². The summed E-state index contributed by atoms with van der Waals surface area (Å²) in [5.41, 5.74) is 3.51. The monoisotopic (exact) mass is 466 g/mol. The Morgan fingerprint density at radius 3 is 2.53 bits per heavy atom. The van der Waals surface area contributed by atoms with Crippen LogP contribution in [-0.4, -0.2) is 36.8 Å². The Bertz CT molecular complexity index is 700. The first kappa shape index (κ1) is 26.0. The van der Waals surface area contributed by atoms with E-state index in [-0.39, 0.29) is 29.8 Å². The van der Waals surface area contributed by atoms with E-state index in [4.69, 9.17) is 0 Å². The van der Waals surface area contributed by atoms with E-state index in [1.807, 2.05) is 0 Å². The first-order valence-electron chi connectivity index (χ1n) is 13.1. The molecule has 3 aliphatic carbocycles. The van der Waals surface area contributed by atoms with Crippen molar-refractivity contribution in [2.24, 2.45) is 34.5 Å². The SMILES string of the molecule is CC1=C(CCC(=O)NCC2CCNCC2)C2CCC3C(C)(C)[C@@H](O)CC[C@]3(C)C2CC1.Cl. The highest BCUT2D eigenvalue weighted by Crippen LogP contribution is 2.64. The number of carbonyl (C=O) groups excluding carboxylic acids is 1. The Kier molecular flexibility index (Phi) is 8.43. The minimum absolute atomic E-state index is 0. The second kappa shape index (κ2) is 10.4. The van der Waals surface area contributed by atoms with E-state index in [1.165, 1.54) is 38.5 Å². The highest BCUT2D eigenvalue weighted by molar-refractivity contribution is 5.85. The van der Waals surface area contributed by atoms with Crippen LogP contribution < -0.4 is 10.6 Å². The molecule has 0 aromatic carbocycles. The average Bonchev–Trinajstić information content (AvgIpc) is 2.75. The normalized spacial score (nSPS) is 37.2. The summed E-state index contributed by atoms with van der Waals surface area (Å²) in [5, 5.41) is 17.3. The van der Waals surface area contributed by atoms with Crippen LogP contribution in [0.4, 0.5) is 0 Å². The largest absolute Gasteiger partial charge is 0.393 e. The topological polar surface area (TPSA) is 61.4 Å². The van der Waals surface area contributed by atoms with Gasteiger partial charge in [-0.05, 0) is 112 Å². The van der Waals surface area contributed by atoms with Crippen LogP contribution in [0.5, 0.6) is 0 Å². The minimum Gasteiger partial charge on any atom is -0.393 e. The number of carbonyl (C=O) groups is 1. The highest BCUT2D eigenvalue weighted by Gasteiger charge is 2.58. The summed E-state index contributed by atoms with van der Waals surface area (Å²) in [7, 11) is 0. The second-order valence-electron chi connectivity index (χ2n) is 12.1. The molecule has 3 fully saturated rings. The molecule has 5 atom stereocenters. The fourth-order valence-corrected chi connectivity index (χ4v) is 8.11. The van der Waals surface area contributed by atoms with Crippen molar-refractivity contribution in [3.8, 4) is 0 Å². The van der Waals surface area contributed by atoms with Crippen LogP contribution in [0.3, 0.4) is 0 Å². The number of piperidine rings is 1. The number of halogens is 1. The maximum absolute atomic E-state index is 12.6. The highest BCUT2D eigenvalue weighted by atomic mass is 35.5. The van der Waals surface area contributed by atoms with E-state index in [0.29, 0.717) is 29.6 Å². The summed E-state index contributed by atoms with van der Waals surface area (Å²) in [6.45, 7) is 12.5. The summed E-state index contributed by atoms with van der Waals surface area (Å²) in [4.78, 5) is 12.6. The van der Waals surface area contributed by atoms with Gasteiger partial charge in [-0.25, -0.2) is 0 Å². The fraction of sp³-hybridized carbons (Fsp3) is 0.889. The number of allylic oxidation sites excluding steroid dienone is 2. The molecule has 0 aromatic rings. The predicted molar refractivity (Wildman–Crippen MR) is 134 cm³/mol. The number of hydrogen-bond donors (Lipinski definition) is 3. The molecule has 1 saturated heterocycles. The summed E-state index contributed by atoms with van der Waals surface area (Å²) < 4.78 is 0. The zero-order chi connectivity index (χ0) is 22.2. The zero-order valence-corrected chi connectivity index (χ0v) is 21.7. The molecule has 3 unspecified atom stereocenters. The third-order valence-electron chi connectivity index (χ3n) is 10.1. The van der Waals surface area contributed by atoms with Crippen molar-refractivity contribution in [2.45, 2.75) is 98.0 Å². The van der Waals surface area contributed by atoms with Gasteiger partial charge in [0.15, 0.2) is 0 Å². The number of hydrogen-bond acceptors (Lipinski definition) is 3. The van der Waals surface area contributed by atoms with Gasteiger partial charge in [0.25, 0.3) is 0 Å². The van der Waals surface area contributed by atoms with Gasteiger partial charge in [0.1, 0.15) is 0 Å². The molecule has 4 rings (SSSR count). The third kappa shape index (κ3) is 4.93. The molecule has 184 valence electrons. The quantitative estimate of drug-likeness (QED) is 0.485. The van der Waals surface area contributed by atoms with Gasteiger partial charge in [-0.3, -0.25) is 4.79 Å². The molecule has 0 radical (unpaired) electrons. The second-order valence-corrected chi connectivity index (χ2v) is 12.1. The lowest BCUT2D eigenvalue weighted by Gasteiger charge is -2.62. The molecule has 4 nitrogen and oxygen atoms in total. The predicted octanol–water partition coefficient (Wildman–Crippen LogP) is 5.24. The number of fused-ring (bicyclic) bond motifs is 3. The lowest BCUT2D eigenvalue weighted by molar-refractivity contribution is -0.149. The molecule has 4 aliphatic rings. The maximum Gasteiger partial charge on any atom is 0.220 e. The maximum atomic E-state index is 12.6. The van der Waals surface area contributed by atoms with E-state index >= 15 is 0 Å². The van der Waals surface area contributed by atoms with Gasteiger partial charge in [-0.15, -0.1) is 12.4 Å². The molecule has 3 N–H and O–H groups in total. The molecule has 2 saturated carbocycles. The van der Waals surface area contributed by atoms with Crippen LogP contribution in [0.1, 0.15) is 91.9 Å². The van der Waals surface area contributed by atoms with E-state index in [0.717, 1.165) is 44.8 Å². The van der Waals surface area contributed by atoms with Gasteiger partial charge < -0.3 is 15.7 Å². The Morgan fingerprint density at radius 1 is 1.09 bits per heavy atom. The minimum atomic E-state index is -0.161. The summed E-state index contributed by atoms with van der Waals surface area (Å²) in [6, 6.07) is 0. The number of aliphatic hydroxyl groups excluding tert-OH is 1. The van der Waals surface area contributed by atoms with Gasteiger partial charge in [-0.1, -0.05) is 31.9 Å². The summed E-state index contributed by atoms with van der Waals surface area (Å²) >= 11 is 0. The van der Waals surface area contributed by atoms with Gasteiger partial charge in [0.2, 0.25) is 5.91 Å². The number of nitrogens with one attached hydrogen (secondary N) is 2. The number of aliphatic hydroxyl groups is 1. The number of amides is 1. The molecular formula is C27H47ClN2O2. The Balaban J connectivity index is 0.00000289. The Hall–Kier alpha value is -0.580. The van der Waals surface area contributed by atoms with Crippen molar-refractivity contribution in [2.75, 3.05) is 19.6 Å². The first-order valence-corrected chi connectivity index (χ1v) is 13.1. The van der Waals surface area contributed by atoms with Crippen LogP contribution in [0.25, 0.3) is 0 Å². The Morgan fingerprint density at radius 2 is 1.81 bits per heavy atom. The summed E-state index contributed by atoms with van der Waals surface area (Å²) in [6.07, 6.45) is 10.8. The molecule has 1 aliphatic heterocycles. The molecule has 1 amide bonds. The third-order valence-corrected chi connectivity index (χ3v) is 10.1. The van der Waals surface area contributed by atoms with Crippen LogP contribution in [0.15, 0.2) is 11.1 Å². The van der Waals surface area contributed by atoms with Gasteiger partial charge >= 0.3 is 0 Å². The number of rotatable bonds is 5. The lowest BCUT2D eigenvalue weighted by Crippen LogP contribution is -2.56. The van der Waals surface area contributed by atoms with Crippen molar-refractivity contribution < 1.29 is 9.90 Å². The van der Waals surface area contributed by atoms with Crippen LogP contribution >= 0.6 is 12.4 Å². The smallest absolute Gasteiger partial charge is 0.220 e. The molecular weight excluding hydrogens is 420 g/mol. The van der Waals surface area contributed by atoms with Crippen molar-refractivity contribution in [3.05, 3.63) is 11.1 Å². The fourth-order valence-electron chi connectivity index (χ4n) is 8.11. The zero-order valence-electron chi connectivity index (χ0n) is 20.8. The van der Waals surface area contributed by atoms with E-state index in [1.54, 1.807) is 11.1 Å². The van der Waals surface area contributed by atoms with Gasteiger partial charge in [0.05, 0.1) is 6.10 Å². The van der Waals surface area contributed by atoms with Crippen LogP contribution in [-0.2, 0) is 4.79 Å². The first-order chi connectivity index (χ1) is 14.7. The molecule has 0 aromatic heterocycles. The van der Waals surface area contributed by atoms with E-state index < -0.39 is 0 Å². The summed E-state index contributed by atoms with van der Waals surface area (Å²) in [5.74, 6) is 2.86.